The third kappa shape index (κ3) is 2.73. The van der Waals surface area contributed by atoms with Crippen molar-refractivity contribution in [1.29, 1.82) is 0 Å². The van der Waals surface area contributed by atoms with Crippen LogP contribution in [-0.4, -0.2) is 57.9 Å². The highest BCUT2D eigenvalue weighted by Crippen LogP contribution is 2.35. The molecule has 0 spiro atoms. The van der Waals surface area contributed by atoms with Crippen LogP contribution in [0.3, 0.4) is 0 Å². The number of carbonyl (C=O) groups is 2. The fraction of sp³-hybridized carbons (Fsp3) is 0.333. The van der Waals surface area contributed by atoms with Crippen molar-refractivity contribution < 1.29 is 19.4 Å². The van der Waals surface area contributed by atoms with Crippen LogP contribution in [-0.2, 0) is 22.4 Å². The molecule has 2 aliphatic rings. The molecule has 1 aliphatic carbocycles. The highest BCUT2D eigenvalue weighted by atomic mass is 35.5. The summed E-state index contributed by atoms with van der Waals surface area (Å²) in [6.45, 7) is 0.443. The molecule has 0 radical (unpaired) electrons. The minimum Gasteiger partial charge on any atom is -0.480 e. The normalized spacial score (nSPS) is 18.8. The summed E-state index contributed by atoms with van der Waals surface area (Å²) in [5, 5.41) is 17.6. The first-order chi connectivity index (χ1) is 12.6. The average Bonchev–Trinajstić information content (AvgIpc) is 2.67. The molecule has 8 heteroatoms. The Balaban J connectivity index is 1.80. The molecule has 0 bridgehead atoms. The first-order valence-electron chi connectivity index (χ1n) is 8.32. The summed E-state index contributed by atoms with van der Waals surface area (Å²) in [6.07, 6.45) is 1.36. The Labute approximate surface area is 154 Å². The van der Waals surface area contributed by atoms with Gasteiger partial charge in [-0.3, -0.25) is 4.79 Å². The number of carboxylic acids is 1. The molecular weight excluding hydrogens is 358 g/mol. The Hall–Kier alpha value is -2.51. The van der Waals surface area contributed by atoms with Gasteiger partial charge in [-0.05, 0) is 24.0 Å². The Morgan fingerprint density at radius 3 is 2.85 bits per heavy atom. The number of morpholine rings is 1. The predicted molar refractivity (Wildman–Crippen MR) is 93.2 cm³/mol. The van der Waals surface area contributed by atoms with Crippen LogP contribution >= 0.6 is 11.6 Å². The Morgan fingerprint density at radius 2 is 2.04 bits per heavy atom. The van der Waals surface area contributed by atoms with Gasteiger partial charge in [-0.25, -0.2) is 4.79 Å². The van der Waals surface area contributed by atoms with Gasteiger partial charge in [-0.15, -0.1) is 10.2 Å². The van der Waals surface area contributed by atoms with Crippen LogP contribution in [0.2, 0.25) is 5.15 Å². The Bertz CT molecular complexity index is 902. The van der Waals surface area contributed by atoms with Crippen LogP contribution in [0.15, 0.2) is 24.3 Å². The molecule has 4 rings (SSSR count). The molecule has 1 saturated heterocycles. The number of carbonyl (C=O) groups excluding carboxylic acids is 1. The van der Waals surface area contributed by atoms with Gasteiger partial charge in [0.05, 0.1) is 24.5 Å². The smallest absolute Gasteiger partial charge is 0.328 e. The van der Waals surface area contributed by atoms with Gasteiger partial charge >= 0.3 is 5.97 Å². The van der Waals surface area contributed by atoms with E-state index in [1.54, 1.807) is 0 Å². The number of hydrogen-bond donors (Lipinski definition) is 1. The van der Waals surface area contributed by atoms with E-state index < -0.39 is 17.9 Å². The number of aliphatic carboxylic acids is 1. The molecule has 1 fully saturated rings. The quantitative estimate of drug-likeness (QED) is 0.863. The fourth-order valence-corrected chi connectivity index (χ4v) is 3.78. The zero-order valence-electron chi connectivity index (χ0n) is 13.8. The third-order valence-corrected chi connectivity index (χ3v) is 5.10. The molecule has 1 N–H and O–H groups in total. The second kappa shape index (κ2) is 6.66. The maximum Gasteiger partial charge on any atom is 0.328 e. The summed E-state index contributed by atoms with van der Waals surface area (Å²) in [6, 6.07) is 6.81. The van der Waals surface area contributed by atoms with Crippen LogP contribution in [0.25, 0.3) is 11.3 Å². The zero-order valence-corrected chi connectivity index (χ0v) is 14.6. The van der Waals surface area contributed by atoms with E-state index in [4.69, 9.17) is 16.3 Å². The Kier molecular flexibility index (Phi) is 4.34. The number of nitrogens with zero attached hydrogens (tertiary/aromatic N) is 3. The topological polar surface area (TPSA) is 92.6 Å². The lowest BCUT2D eigenvalue weighted by molar-refractivity contribution is -0.147. The van der Waals surface area contributed by atoms with Gasteiger partial charge in [0.15, 0.2) is 11.2 Å². The largest absolute Gasteiger partial charge is 0.480 e. The van der Waals surface area contributed by atoms with Crippen LogP contribution in [0.1, 0.15) is 21.5 Å². The summed E-state index contributed by atoms with van der Waals surface area (Å²) in [5.41, 5.74) is 3.69. The maximum atomic E-state index is 13.2. The fourth-order valence-electron chi connectivity index (χ4n) is 3.55. The molecule has 134 valence electrons. The number of ether oxygens (including phenoxy) is 1. The maximum absolute atomic E-state index is 13.2. The summed E-state index contributed by atoms with van der Waals surface area (Å²) in [4.78, 5) is 26.0. The van der Waals surface area contributed by atoms with Crippen molar-refractivity contribution in [3.63, 3.8) is 0 Å². The first-order valence-corrected chi connectivity index (χ1v) is 8.70. The summed E-state index contributed by atoms with van der Waals surface area (Å²) >= 11 is 6.23. The number of benzene rings is 1. The predicted octanol–water partition coefficient (Wildman–Crippen LogP) is 1.82. The van der Waals surface area contributed by atoms with Gasteiger partial charge in [-0.1, -0.05) is 35.9 Å². The second-order valence-electron chi connectivity index (χ2n) is 6.28. The van der Waals surface area contributed by atoms with Crippen molar-refractivity contribution in [3.8, 4) is 11.3 Å². The second-order valence-corrected chi connectivity index (χ2v) is 6.64. The minimum atomic E-state index is -1.10. The van der Waals surface area contributed by atoms with E-state index in [9.17, 15) is 14.7 Å². The van der Waals surface area contributed by atoms with Gasteiger partial charge in [0.25, 0.3) is 5.91 Å². The molecule has 2 heterocycles. The minimum absolute atomic E-state index is 0.00348. The molecule has 1 amide bonds. The number of rotatable bonds is 2. The van der Waals surface area contributed by atoms with Crippen LogP contribution in [0, 0.1) is 0 Å². The van der Waals surface area contributed by atoms with Gasteiger partial charge in [0.1, 0.15) is 0 Å². The van der Waals surface area contributed by atoms with E-state index in [0.29, 0.717) is 12.1 Å². The van der Waals surface area contributed by atoms with E-state index in [1.165, 1.54) is 4.90 Å². The lowest BCUT2D eigenvalue weighted by Crippen LogP contribution is -2.52. The van der Waals surface area contributed by atoms with E-state index in [0.717, 1.165) is 23.1 Å². The number of aryl methyl sites for hydroxylation is 1. The van der Waals surface area contributed by atoms with Gasteiger partial charge in [0, 0.05) is 12.1 Å². The number of aromatic nitrogens is 2. The lowest BCUT2D eigenvalue weighted by atomic mass is 9.87. The highest BCUT2D eigenvalue weighted by molar-refractivity contribution is 6.33. The number of halogens is 1. The monoisotopic (exact) mass is 373 g/mol. The average molecular weight is 374 g/mol. The Morgan fingerprint density at radius 1 is 1.23 bits per heavy atom. The van der Waals surface area contributed by atoms with Crippen molar-refractivity contribution >= 4 is 23.5 Å². The summed E-state index contributed by atoms with van der Waals surface area (Å²) in [7, 11) is 0. The van der Waals surface area contributed by atoms with Crippen LogP contribution in [0.4, 0.5) is 0 Å². The van der Waals surface area contributed by atoms with Crippen molar-refractivity contribution in [3.05, 3.63) is 46.1 Å². The molecule has 0 saturated carbocycles. The molecule has 1 aromatic heterocycles. The molecule has 1 atom stereocenters. The zero-order chi connectivity index (χ0) is 18.3. The SMILES string of the molecule is O=C(O)C1COCCN1C(=O)c1c(Cl)nnc2c1CCc1ccccc1-2. The van der Waals surface area contributed by atoms with E-state index in [1.807, 2.05) is 24.3 Å². The molecule has 1 unspecified atom stereocenters. The molecule has 1 aliphatic heterocycles. The van der Waals surface area contributed by atoms with Crippen molar-refractivity contribution in [1.82, 2.24) is 15.1 Å². The number of hydrogen-bond acceptors (Lipinski definition) is 5. The highest BCUT2D eigenvalue weighted by Gasteiger charge is 2.36. The summed E-state index contributed by atoms with van der Waals surface area (Å²) in [5.74, 6) is -1.54. The molecule has 26 heavy (non-hydrogen) atoms. The van der Waals surface area contributed by atoms with Crippen LogP contribution in [0.5, 0.6) is 0 Å². The standard InChI is InChI=1S/C18H16ClN3O4/c19-16-14(17(23)22-7-8-26-9-13(22)18(24)25)12-6-5-10-3-1-2-4-11(10)15(12)20-21-16/h1-4,13H,5-9H2,(H,24,25). The van der Waals surface area contributed by atoms with Crippen LogP contribution < -0.4 is 0 Å². The molecule has 7 nitrogen and oxygen atoms in total. The van der Waals surface area contributed by atoms with Gasteiger partial charge in [-0.2, -0.15) is 0 Å². The van der Waals surface area contributed by atoms with Crippen molar-refractivity contribution in [2.24, 2.45) is 0 Å². The van der Waals surface area contributed by atoms with Crippen molar-refractivity contribution in [2.45, 2.75) is 18.9 Å². The number of fused-ring (bicyclic) bond motifs is 3. The number of amides is 1. The lowest BCUT2D eigenvalue weighted by Gasteiger charge is -2.33. The molecular formula is C18H16ClN3O4. The molecule has 2 aromatic rings. The van der Waals surface area contributed by atoms with E-state index >= 15 is 0 Å². The van der Waals surface area contributed by atoms with E-state index in [-0.39, 0.29) is 30.5 Å². The van der Waals surface area contributed by atoms with E-state index in [2.05, 4.69) is 10.2 Å². The van der Waals surface area contributed by atoms with Gasteiger partial charge in [0.2, 0.25) is 0 Å². The van der Waals surface area contributed by atoms with Gasteiger partial charge < -0.3 is 14.7 Å². The summed E-state index contributed by atoms with van der Waals surface area (Å²) < 4.78 is 5.21. The van der Waals surface area contributed by atoms with Crippen molar-refractivity contribution in [2.75, 3.05) is 19.8 Å². The number of carboxylic acid groups (broad SMARTS) is 1. The third-order valence-electron chi connectivity index (χ3n) is 4.84. The molecule has 1 aromatic carbocycles. The first kappa shape index (κ1) is 16.9.